The van der Waals surface area contributed by atoms with Crippen molar-refractivity contribution < 1.29 is 9.53 Å². The number of hydrogen-bond donors (Lipinski definition) is 1. The summed E-state index contributed by atoms with van der Waals surface area (Å²) >= 11 is 0. The minimum absolute atomic E-state index is 0.144. The number of rotatable bonds is 1. The molecule has 0 aliphatic carbocycles. The van der Waals surface area contributed by atoms with Crippen molar-refractivity contribution in [2.24, 2.45) is 11.3 Å². The van der Waals surface area contributed by atoms with Crippen molar-refractivity contribution in [1.82, 2.24) is 10.2 Å². The van der Waals surface area contributed by atoms with Gasteiger partial charge in [-0.3, -0.25) is 4.79 Å². The molecule has 3 saturated heterocycles. The van der Waals surface area contributed by atoms with Crippen LogP contribution in [-0.2, 0) is 9.53 Å². The van der Waals surface area contributed by atoms with Crippen LogP contribution in [0.25, 0.3) is 0 Å². The second kappa shape index (κ2) is 4.58. The first-order chi connectivity index (χ1) is 8.29. The standard InChI is InChI=1S/C13H22N2O2/c16-12(11-1-8-17-9-11)15-6-3-13(4-7-15)2-5-14-10-13/h11,14H,1-10H2. The van der Waals surface area contributed by atoms with Crippen LogP contribution in [0.15, 0.2) is 0 Å². The zero-order valence-corrected chi connectivity index (χ0v) is 10.4. The maximum absolute atomic E-state index is 12.2. The molecule has 3 rings (SSSR count). The number of carbonyl (C=O) groups excluding carboxylic acids is 1. The Morgan fingerprint density at radius 3 is 2.71 bits per heavy atom. The van der Waals surface area contributed by atoms with Crippen molar-refractivity contribution >= 4 is 5.91 Å². The average Bonchev–Trinajstić information content (AvgIpc) is 3.01. The molecule has 0 aromatic heterocycles. The topological polar surface area (TPSA) is 41.6 Å². The fourth-order valence-corrected chi connectivity index (χ4v) is 3.41. The van der Waals surface area contributed by atoms with Crippen LogP contribution in [0.4, 0.5) is 0 Å². The Kier molecular flexibility index (Phi) is 3.09. The van der Waals surface area contributed by atoms with Gasteiger partial charge in [-0.2, -0.15) is 0 Å². The predicted octanol–water partition coefficient (Wildman–Crippen LogP) is 0.625. The Morgan fingerprint density at radius 2 is 2.12 bits per heavy atom. The van der Waals surface area contributed by atoms with Crippen molar-refractivity contribution in [1.29, 1.82) is 0 Å². The van der Waals surface area contributed by atoms with E-state index in [0.29, 0.717) is 17.9 Å². The molecule has 1 amide bonds. The normalized spacial score (nSPS) is 32.2. The lowest BCUT2D eigenvalue weighted by atomic mass is 9.77. The van der Waals surface area contributed by atoms with Gasteiger partial charge in [-0.05, 0) is 37.6 Å². The number of amides is 1. The minimum atomic E-state index is 0.144. The van der Waals surface area contributed by atoms with Gasteiger partial charge in [0.15, 0.2) is 0 Å². The molecule has 1 unspecified atom stereocenters. The number of hydrogen-bond acceptors (Lipinski definition) is 3. The van der Waals surface area contributed by atoms with Crippen molar-refractivity contribution in [3.05, 3.63) is 0 Å². The van der Waals surface area contributed by atoms with Gasteiger partial charge in [0.05, 0.1) is 12.5 Å². The first-order valence-electron chi connectivity index (χ1n) is 6.86. The second-order valence-corrected chi connectivity index (χ2v) is 5.81. The van der Waals surface area contributed by atoms with Crippen molar-refractivity contribution in [3.63, 3.8) is 0 Å². The Bertz CT molecular complexity index is 284. The van der Waals surface area contributed by atoms with Gasteiger partial charge in [0.2, 0.25) is 5.91 Å². The van der Waals surface area contributed by atoms with E-state index in [-0.39, 0.29) is 5.92 Å². The first kappa shape index (κ1) is 11.5. The van der Waals surface area contributed by atoms with Gasteiger partial charge >= 0.3 is 0 Å². The molecule has 3 aliphatic rings. The van der Waals surface area contributed by atoms with Crippen molar-refractivity contribution in [2.45, 2.75) is 25.7 Å². The molecule has 4 heteroatoms. The van der Waals surface area contributed by atoms with Gasteiger partial charge in [0.25, 0.3) is 0 Å². The highest BCUT2D eigenvalue weighted by atomic mass is 16.5. The molecular formula is C13H22N2O2. The molecule has 0 radical (unpaired) electrons. The van der Waals surface area contributed by atoms with Gasteiger partial charge in [0.1, 0.15) is 0 Å². The molecule has 0 saturated carbocycles. The quantitative estimate of drug-likeness (QED) is 0.728. The van der Waals surface area contributed by atoms with E-state index in [4.69, 9.17) is 4.74 Å². The summed E-state index contributed by atoms with van der Waals surface area (Å²) in [5, 5.41) is 3.46. The number of nitrogens with one attached hydrogen (secondary N) is 1. The molecule has 96 valence electrons. The Labute approximate surface area is 103 Å². The number of likely N-dealkylation sites (tertiary alicyclic amines) is 1. The summed E-state index contributed by atoms with van der Waals surface area (Å²) in [5.41, 5.74) is 0.503. The Balaban J connectivity index is 1.55. The molecule has 3 fully saturated rings. The van der Waals surface area contributed by atoms with Gasteiger partial charge in [-0.25, -0.2) is 0 Å². The third kappa shape index (κ3) is 2.20. The van der Waals surface area contributed by atoms with E-state index in [1.54, 1.807) is 0 Å². The van der Waals surface area contributed by atoms with E-state index in [2.05, 4.69) is 10.2 Å². The number of carbonyl (C=O) groups is 1. The predicted molar refractivity (Wildman–Crippen MR) is 64.7 cm³/mol. The molecule has 17 heavy (non-hydrogen) atoms. The fourth-order valence-electron chi connectivity index (χ4n) is 3.41. The molecule has 3 heterocycles. The first-order valence-corrected chi connectivity index (χ1v) is 6.86. The van der Waals surface area contributed by atoms with Crippen LogP contribution in [-0.4, -0.2) is 50.2 Å². The molecule has 1 N–H and O–H groups in total. The zero-order valence-electron chi connectivity index (χ0n) is 10.4. The summed E-state index contributed by atoms with van der Waals surface area (Å²) in [4.78, 5) is 14.3. The lowest BCUT2D eigenvalue weighted by molar-refractivity contribution is -0.137. The SMILES string of the molecule is O=C(C1CCOC1)N1CCC2(CCNC2)CC1. The minimum Gasteiger partial charge on any atom is -0.381 e. The van der Waals surface area contributed by atoms with E-state index in [1.807, 2.05) is 0 Å². The highest BCUT2D eigenvalue weighted by Gasteiger charge is 2.39. The fraction of sp³-hybridized carbons (Fsp3) is 0.923. The van der Waals surface area contributed by atoms with Gasteiger partial charge in [-0.1, -0.05) is 0 Å². The molecule has 4 nitrogen and oxygen atoms in total. The number of ether oxygens (including phenoxy) is 1. The zero-order chi connectivity index (χ0) is 11.7. The highest BCUT2D eigenvalue weighted by Crippen LogP contribution is 2.37. The summed E-state index contributed by atoms with van der Waals surface area (Å²) in [6.07, 6.45) is 4.57. The molecule has 0 aromatic carbocycles. The molecule has 1 spiro atoms. The smallest absolute Gasteiger partial charge is 0.228 e. The van der Waals surface area contributed by atoms with E-state index in [0.717, 1.165) is 39.2 Å². The monoisotopic (exact) mass is 238 g/mol. The largest absolute Gasteiger partial charge is 0.381 e. The number of nitrogens with zero attached hydrogens (tertiary/aromatic N) is 1. The van der Waals surface area contributed by atoms with Crippen LogP contribution >= 0.6 is 0 Å². The summed E-state index contributed by atoms with van der Waals surface area (Å²) in [5.74, 6) is 0.481. The summed E-state index contributed by atoms with van der Waals surface area (Å²) < 4.78 is 5.30. The third-order valence-corrected chi connectivity index (χ3v) is 4.75. The van der Waals surface area contributed by atoms with Gasteiger partial charge < -0.3 is 15.0 Å². The van der Waals surface area contributed by atoms with Gasteiger partial charge in [0, 0.05) is 26.2 Å². The number of piperidine rings is 1. The van der Waals surface area contributed by atoms with Crippen molar-refractivity contribution in [3.8, 4) is 0 Å². The van der Waals surface area contributed by atoms with Crippen LogP contribution in [0.3, 0.4) is 0 Å². The highest BCUT2D eigenvalue weighted by molar-refractivity contribution is 5.79. The molecule has 3 aliphatic heterocycles. The average molecular weight is 238 g/mol. The van der Waals surface area contributed by atoms with Gasteiger partial charge in [-0.15, -0.1) is 0 Å². The summed E-state index contributed by atoms with van der Waals surface area (Å²) in [6, 6.07) is 0. The lowest BCUT2D eigenvalue weighted by Gasteiger charge is -2.39. The van der Waals surface area contributed by atoms with E-state index >= 15 is 0 Å². The maximum atomic E-state index is 12.2. The van der Waals surface area contributed by atoms with Crippen molar-refractivity contribution in [2.75, 3.05) is 39.4 Å². The van der Waals surface area contributed by atoms with Crippen LogP contribution < -0.4 is 5.32 Å². The molecule has 0 bridgehead atoms. The second-order valence-electron chi connectivity index (χ2n) is 5.81. The molecule has 0 aromatic rings. The molecule has 1 atom stereocenters. The lowest BCUT2D eigenvalue weighted by Crippen LogP contribution is -2.46. The molecular weight excluding hydrogens is 216 g/mol. The van der Waals surface area contributed by atoms with Crippen LogP contribution in [0.1, 0.15) is 25.7 Å². The van der Waals surface area contributed by atoms with Crippen LogP contribution in [0.2, 0.25) is 0 Å². The Hall–Kier alpha value is -0.610. The van der Waals surface area contributed by atoms with Crippen LogP contribution in [0, 0.1) is 11.3 Å². The Morgan fingerprint density at radius 1 is 1.29 bits per heavy atom. The third-order valence-electron chi connectivity index (χ3n) is 4.75. The summed E-state index contributed by atoms with van der Waals surface area (Å²) in [7, 11) is 0. The summed E-state index contributed by atoms with van der Waals surface area (Å²) in [6.45, 7) is 5.63. The van der Waals surface area contributed by atoms with E-state index in [9.17, 15) is 4.79 Å². The van der Waals surface area contributed by atoms with E-state index in [1.165, 1.54) is 19.3 Å². The maximum Gasteiger partial charge on any atom is 0.228 e. The van der Waals surface area contributed by atoms with Crippen LogP contribution in [0.5, 0.6) is 0 Å². The van der Waals surface area contributed by atoms with E-state index < -0.39 is 0 Å².